The highest BCUT2D eigenvalue weighted by Crippen LogP contribution is 2.54. The molecular weight excluding hydrogens is 669 g/mol. The fraction of sp³-hybridized carbons (Fsp3) is 0.511. The van der Waals surface area contributed by atoms with Crippen molar-refractivity contribution in [3.05, 3.63) is 83.9 Å². The quantitative estimate of drug-likeness (QED) is 0.128. The molecule has 2 aliphatic heterocycles. The van der Waals surface area contributed by atoms with E-state index >= 15 is 0 Å². The molecule has 6 fully saturated rings. The Labute approximate surface area is 310 Å². The van der Waals surface area contributed by atoms with Crippen molar-refractivity contribution in [1.82, 2.24) is 0 Å². The second-order valence-corrected chi connectivity index (χ2v) is 20.2. The van der Waals surface area contributed by atoms with E-state index in [1.54, 1.807) is 4.90 Å². The van der Waals surface area contributed by atoms with Gasteiger partial charge in [0.2, 0.25) is 0 Å². The summed E-state index contributed by atoms with van der Waals surface area (Å²) in [6.45, 7) is 0. The predicted molar refractivity (Wildman–Crippen MR) is 213 cm³/mol. The monoisotopic (exact) mass is 722 g/mol. The maximum Gasteiger partial charge on any atom is 0.306 e. The molecule has 0 aromatic heterocycles. The Morgan fingerprint density at radius 2 is 1.00 bits per heavy atom. The van der Waals surface area contributed by atoms with Gasteiger partial charge < -0.3 is 9.47 Å². The average Bonchev–Trinajstić information content (AvgIpc) is 3.90. The van der Waals surface area contributed by atoms with Gasteiger partial charge >= 0.3 is 11.9 Å². The number of benzene rings is 4. The lowest BCUT2D eigenvalue weighted by Gasteiger charge is -2.53. The van der Waals surface area contributed by atoms with Crippen molar-refractivity contribution in [2.45, 2.75) is 99.4 Å². The second-order valence-electron chi connectivity index (χ2n) is 15.7. The fourth-order valence-corrected chi connectivity index (χ4v) is 15.2. The first kappa shape index (κ1) is 35.1. The summed E-state index contributed by atoms with van der Waals surface area (Å²) < 4.78 is 10.9. The van der Waals surface area contributed by atoms with Gasteiger partial charge in [-0.2, -0.15) is 0 Å². The van der Waals surface area contributed by atoms with Gasteiger partial charge in [-0.25, -0.2) is 0 Å². The zero-order chi connectivity index (χ0) is 34.7. The van der Waals surface area contributed by atoms with Crippen LogP contribution in [0.2, 0.25) is 0 Å². The number of carbonyl (C=O) groups is 2. The molecule has 0 atom stereocenters. The maximum absolute atomic E-state index is 12.8. The molecule has 4 aliphatic carbocycles. The molecule has 4 aromatic carbocycles. The molecule has 0 spiro atoms. The van der Waals surface area contributed by atoms with Crippen LogP contribution in [0.1, 0.15) is 81.8 Å². The van der Waals surface area contributed by atoms with E-state index in [9.17, 15) is 9.59 Å². The number of rotatable bonds is 9. The lowest BCUT2D eigenvalue weighted by atomic mass is 9.55. The van der Waals surface area contributed by atoms with E-state index in [1.807, 2.05) is 0 Å². The number of esters is 2. The van der Waals surface area contributed by atoms with E-state index in [4.69, 9.17) is 9.47 Å². The van der Waals surface area contributed by atoms with E-state index in [0.29, 0.717) is 46.5 Å². The third-order valence-corrected chi connectivity index (χ3v) is 17.5. The number of methoxy groups -OCH3 is 1. The van der Waals surface area contributed by atoms with Crippen LogP contribution in [0.3, 0.4) is 0 Å². The summed E-state index contributed by atoms with van der Waals surface area (Å²) in [5.74, 6) is 8.41. The first-order valence-electron chi connectivity index (χ1n) is 19.7. The predicted octanol–water partition coefficient (Wildman–Crippen LogP) is 9.63. The Morgan fingerprint density at radius 1 is 0.569 bits per heavy atom. The minimum atomic E-state index is -0.138. The van der Waals surface area contributed by atoms with Crippen LogP contribution in [0, 0.1) is 23.7 Å². The topological polar surface area (TPSA) is 52.6 Å². The van der Waals surface area contributed by atoms with Gasteiger partial charge in [-0.15, -0.1) is 0 Å². The van der Waals surface area contributed by atoms with Gasteiger partial charge in [-0.05, 0) is 140 Å². The number of ether oxygens (including phenoxy) is 2. The van der Waals surface area contributed by atoms with Crippen LogP contribution < -0.4 is 0 Å². The molecule has 0 N–H and O–H groups in total. The standard InChI is InChI=1S/C27H33O2S.C18H21O2S/c28-26(29-27-21-14-18-13-19(16-21)17-22(27)15-18)10-8-20-7-9-25(30-11-3-4-12-30)24-6-2-1-5-23(20)24;1-20-18(19)11-9-14-8-10-17(21-12-4-5-13-21)16-7-3-2-6-15(14)16/h1-2,5-7,9,18-19,21-22,27H,3-4,8,10-17H2;2-3,6-8,10H,4-5,9,11-13H2,1H3/q2*+1. The molecule has 6 heteroatoms. The lowest BCUT2D eigenvalue weighted by Crippen LogP contribution is -2.50. The second kappa shape index (κ2) is 16.0. The Kier molecular flexibility index (Phi) is 11.0. The van der Waals surface area contributed by atoms with Gasteiger partial charge in [0, 0.05) is 45.4 Å². The van der Waals surface area contributed by atoms with Crippen LogP contribution in [0.15, 0.2) is 82.6 Å². The zero-order valence-corrected chi connectivity index (χ0v) is 31.9. The Balaban J connectivity index is 0.000000157. The molecule has 51 heavy (non-hydrogen) atoms. The third-order valence-electron chi connectivity index (χ3n) is 12.5. The molecule has 10 rings (SSSR count). The SMILES string of the molecule is COC(=O)CCc1ccc([S+]2CCCC2)c2ccccc12.O=C(CCc1ccc([S+]2CCCC2)c2ccccc12)OC1C2CC3CC(C2)CC1C3. The largest absolute Gasteiger partial charge is 0.469 e. The molecule has 0 unspecified atom stereocenters. The summed E-state index contributed by atoms with van der Waals surface area (Å²) in [4.78, 5) is 27.2. The lowest BCUT2D eigenvalue weighted by molar-refractivity contribution is -0.170. The molecule has 4 aromatic rings. The Morgan fingerprint density at radius 3 is 1.45 bits per heavy atom. The van der Waals surface area contributed by atoms with Crippen molar-refractivity contribution in [3.8, 4) is 0 Å². The molecule has 4 saturated carbocycles. The highest BCUT2D eigenvalue weighted by Gasteiger charge is 2.49. The van der Waals surface area contributed by atoms with Gasteiger partial charge in [0.15, 0.2) is 9.79 Å². The molecule has 4 nitrogen and oxygen atoms in total. The van der Waals surface area contributed by atoms with Crippen LogP contribution in [0.4, 0.5) is 0 Å². The summed E-state index contributed by atoms with van der Waals surface area (Å²) in [7, 11) is 2.28. The van der Waals surface area contributed by atoms with Crippen molar-refractivity contribution in [2.24, 2.45) is 23.7 Å². The first-order valence-corrected chi connectivity index (χ1v) is 22.8. The fourth-order valence-electron chi connectivity index (χ4n) is 10.2. The normalized spacial score (nSPS) is 25.6. The smallest absolute Gasteiger partial charge is 0.306 e. The number of hydrogen-bond acceptors (Lipinski definition) is 4. The molecule has 6 aliphatic rings. The van der Waals surface area contributed by atoms with Crippen molar-refractivity contribution in [2.75, 3.05) is 30.1 Å². The van der Waals surface area contributed by atoms with E-state index in [-0.39, 0.29) is 18.0 Å². The van der Waals surface area contributed by atoms with Crippen LogP contribution in [-0.2, 0) is 53.7 Å². The van der Waals surface area contributed by atoms with Crippen LogP contribution in [0.25, 0.3) is 21.5 Å². The Hall–Kier alpha value is -2.96. The molecule has 2 saturated heterocycles. The Bertz CT molecular complexity index is 1830. The summed E-state index contributed by atoms with van der Waals surface area (Å²) in [5.41, 5.74) is 2.56. The third kappa shape index (κ3) is 7.74. The van der Waals surface area contributed by atoms with Crippen molar-refractivity contribution >= 4 is 55.3 Å². The van der Waals surface area contributed by atoms with Crippen LogP contribution >= 0.6 is 0 Å². The molecule has 0 amide bonds. The van der Waals surface area contributed by atoms with Crippen molar-refractivity contribution in [1.29, 1.82) is 0 Å². The first-order chi connectivity index (χ1) is 25.0. The van der Waals surface area contributed by atoms with E-state index in [2.05, 4.69) is 72.8 Å². The summed E-state index contributed by atoms with van der Waals surface area (Å²) in [6.07, 6.45) is 14.8. The van der Waals surface area contributed by atoms with Crippen LogP contribution in [-0.4, -0.2) is 48.2 Å². The van der Waals surface area contributed by atoms with E-state index < -0.39 is 0 Å². The number of aryl methyl sites for hydroxylation is 2. The van der Waals surface area contributed by atoms with Gasteiger partial charge in [0.1, 0.15) is 29.1 Å². The number of fused-ring (bicyclic) bond motifs is 2. The van der Waals surface area contributed by atoms with Gasteiger partial charge in [0.25, 0.3) is 0 Å². The van der Waals surface area contributed by atoms with Gasteiger partial charge in [-0.1, -0.05) is 48.5 Å². The molecule has 268 valence electrons. The molecule has 0 radical (unpaired) electrons. The number of carbonyl (C=O) groups excluding carboxylic acids is 2. The van der Waals surface area contributed by atoms with E-state index in [1.165, 1.54) is 125 Å². The molecule has 4 bridgehead atoms. The zero-order valence-electron chi connectivity index (χ0n) is 30.3. The van der Waals surface area contributed by atoms with Gasteiger partial charge in [0.05, 0.1) is 7.11 Å². The summed E-state index contributed by atoms with van der Waals surface area (Å²) in [6, 6.07) is 26.6. The highest BCUT2D eigenvalue weighted by atomic mass is 32.2. The summed E-state index contributed by atoms with van der Waals surface area (Å²) >= 11 is 0. The van der Waals surface area contributed by atoms with Crippen molar-refractivity contribution in [3.63, 3.8) is 0 Å². The number of hydrogen-bond donors (Lipinski definition) is 0. The van der Waals surface area contributed by atoms with Crippen molar-refractivity contribution < 1.29 is 19.1 Å². The minimum absolute atomic E-state index is 0.0262. The maximum atomic E-state index is 12.8. The van der Waals surface area contributed by atoms with Gasteiger partial charge in [-0.3, -0.25) is 9.59 Å². The summed E-state index contributed by atoms with van der Waals surface area (Å²) in [5, 5.41) is 5.44. The average molecular weight is 723 g/mol. The minimum Gasteiger partial charge on any atom is -0.469 e. The molecular formula is C45H54O4S2+2. The highest BCUT2D eigenvalue weighted by molar-refractivity contribution is 7.97. The van der Waals surface area contributed by atoms with E-state index in [0.717, 1.165) is 24.7 Å². The molecule has 2 heterocycles. The van der Waals surface area contributed by atoms with Crippen LogP contribution in [0.5, 0.6) is 0 Å².